The van der Waals surface area contributed by atoms with Crippen LogP contribution in [0.25, 0.3) is 0 Å². The van der Waals surface area contributed by atoms with E-state index in [2.05, 4.69) is 4.98 Å². The Morgan fingerprint density at radius 1 is 1.12 bits per heavy atom. The second-order valence-corrected chi connectivity index (χ2v) is 7.34. The van der Waals surface area contributed by atoms with Gasteiger partial charge < -0.3 is 9.64 Å². The number of ether oxygens (including phenoxy) is 1. The molecule has 0 spiro atoms. The monoisotopic (exact) mass is 390 g/mol. The molecule has 1 aliphatic heterocycles. The van der Waals surface area contributed by atoms with Crippen LogP contribution in [0.3, 0.4) is 0 Å². The van der Waals surface area contributed by atoms with E-state index in [0.29, 0.717) is 15.6 Å². The number of aromatic nitrogens is 1. The summed E-state index contributed by atoms with van der Waals surface area (Å²) in [5, 5.41) is 1.08. The number of hydrogen-bond donors (Lipinski definition) is 0. The molecular weight excluding hydrogens is 372 g/mol. The number of hydrogen-bond acceptors (Lipinski definition) is 5. The predicted molar refractivity (Wildman–Crippen MR) is 101 cm³/mol. The number of carbonyl (C=O) groups excluding carboxylic acids is 2. The van der Waals surface area contributed by atoms with E-state index in [9.17, 15) is 9.59 Å². The molecular formula is C19H19ClN2O3S. The van der Waals surface area contributed by atoms with E-state index in [1.165, 1.54) is 11.8 Å². The number of likely N-dealkylation sites (tertiary alicyclic amines) is 1. The minimum Gasteiger partial charge on any atom is -0.452 e. The van der Waals surface area contributed by atoms with Crippen molar-refractivity contribution in [2.75, 3.05) is 19.7 Å². The van der Waals surface area contributed by atoms with Crippen LogP contribution in [-0.4, -0.2) is 41.5 Å². The van der Waals surface area contributed by atoms with E-state index in [-0.39, 0.29) is 12.5 Å². The van der Waals surface area contributed by atoms with Crippen molar-refractivity contribution in [1.29, 1.82) is 0 Å². The molecule has 136 valence electrons. The lowest BCUT2D eigenvalue weighted by molar-refractivity contribution is -0.135. The van der Waals surface area contributed by atoms with Crippen LogP contribution in [-0.2, 0) is 9.53 Å². The first kappa shape index (κ1) is 18.7. The summed E-state index contributed by atoms with van der Waals surface area (Å²) in [5.74, 6) is -0.708. The summed E-state index contributed by atoms with van der Waals surface area (Å²) in [6.45, 7) is 1.22. The van der Waals surface area contributed by atoms with Gasteiger partial charge in [-0.1, -0.05) is 35.5 Å². The maximum Gasteiger partial charge on any atom is 0.341 e. The van der Waals surface area contributed by atoms with Crippen molar-refractivity contribution in [3.8, 4) is 0 Å². The molecule has 0 unspecified atom stereocenters. The van der Waals surface area contributed by atoms with Gasteiger partial charge in [-0.2, -0.15) is 0 Å². The van der Waals surface area contributed by atoms with Gasteiger partial charge in [0.25, 0.3) is 5.91 Å². The van der Waals surface area contributed by atoms with Gasteiger partial charge in [-0.05, 0) is 43.5 Å². The first-order chi connectivity index (χ1) is 12.6. The van der Waals surface area contributed by atoms with Crippen LogP contribution in [0.1, 0.15) is 29.6 Å². The molecule has 1 aliphatic rings. The third-order valence-electron chi connectivity index (χ3n) is 4.07. The average molecular weight is 391 g/mol. The number of amides is 1. The van der Waals surface area contributed by atoms with Crippen molar-refractivity contribution in [3.63, 3.8) is 0 Å². The summed E-state index contributed by atoms with van der Waals surface area (Å²) in [6, 6.07) is 10.6. The molecule has 2 heterocycles. The van der Waals surface area contributed by atoms with E-state index in [4.69, 9.17) is 16.3 Å². The Labute approximate surface area is 161 Å². The highest BCUT2D eigenvalue weighted by atomic mass is 35.5. The molecule has 1 aromatic carbocycles. The number of piperidine rings is 1. The van der Waals surface area contributed by atoms with Gasteiger partial charge in [-0.15, -0.1) is 0 Å². The van der Waals surface area contributed by atoms with Crippen molar-refractivity contribution in [3.05, 3.63) is 53.2 Å². The van der Waals surface area contributed by atoms with E-state index in [0.717, 1.165) is 37.2 Å². The molecule has 26 heavy (non-hydrogen) atoms. The van der Waals surface area contributed by atoms with Crippen molar-refractivity contribution >= 4 is 35.2 Å². The molecule has 2 aromatic rings. The van der Waals surface area contributed by atoms with Crippen LogP contribution in [0.4, 0.5) is 0 Å². The fraction of sp³-hybridized carbons (Fsp3) is 0.316. The van der Waals surface area contributed by atoms with E-state index < -0.39 is 5.97 Å². The maximum atomic E-state index is 12.4. The number of pyridine rings is 1. The minimum atomic E-state index is -0.557. The molecule has 3 rings (SSSR count). The Hall–Kier alpha value is -2.05. The molecule has 1 fully saturated rings. The van der Waals surface area contributed by atoms with Crippen molar-refractivity contribution in [1.82, 2.24) is 9.88 Å². The van der Waals surface area contributed by atoms with Crippen molar-refractivity contribution in [2.24, 2.45) is 0 Å². The highest BCUT2D eigenvalue weighted by molar-refractivity contribution is 7.99. The van der Waals surface area contributed by atoms with Crippen LogP contribution < -0.4 is 0 Å². The quantitative estimate of drug-likeness (QED) is 0.720. The number of carbonyl (C=O) groups is 2. The molecule has 5 nitrogen and oxygen atoms in total. The SMILES string of the molecule is O=C(OCC(=O)N1CCCCC1)c1cccnc1Sc1ccccc1Cl. The molecule has 0 aliphatic carbocycles. The third kappa shape index (κ3) is 4.77. The largest absolute Gasteiger partial charge is 0.452 e. The second-order valence-electron chi connectivity index (χ2n) is 5.91. The minimum absolute atomic E-state index is 0.151. The van der Waals surface area contributed by atoms with Crippen LogP contribution in [0.2, 0.25) is 5.02 Å². The zero-order valence-electron chi connectivity index (χ0n) is 14.2. The van der Waals surface area contributed by atoms with Gasteiger partial charge in [0.2, 0.25) is 0 Å². The molecule has 0 N–H and O–H groups in total. The summed E-state index contributed by atoms with van der Waals surface area (Å²) in [4.78, 5) is 31.4. The van der Waals surface area contributed by atoms with Crippen LogP contribution in [0.15, 0.2) is 52.5 Å². The first-order valence-electron chi connectivity index (χ1n) is 8.47. The Kier molecular flexibility index (Phi) is 6.52. The standard InChI is InChI=1S/C19H19ClN2O3S/c20-15-8-2-3-9-16(15)26-18-14(7-6-10-21-18)19(24)25-13-17(23)22-11-4-1-5-12-22/h2-3,6-10H,1,4-5,11-13H2. The Bertz CT molecular complexity index is 794. The molecule has 0 bridgehead atoms. The Morgan fingerprint density at radius 3 is 2.65 bits per heavy atom. The summed E-state index contributed by atoms with van der Waals surface area (Å²) in [7, 11) is 0. The number of rotatable bonds is 5. The molecule has 1 amide bonds. The first-order valence-corrected chi connectivity index (χ1v) is 9.67. The van der Waals surface area contributed by atoms with E-state index in [1.54, 1.807) is 29.3 Å². The predicted octanol–water partition coefficient (Wildman–Crippen LogP) is 4.06. The van der Waals surface area contributed by atoms with Gasteiger partial charge in [-0.25, -0.2) is 9.78 Å². The van der Waals surface area contributed by atoms with Gasteiger partial charge in [0, 0.05) is 24.2 Å². The zero-order chi connectivity index (χ0) is 18.4. The lowest BCUT2D eigenvalue weighted by Crippen LogP contribution is -2.38. The third-order valence-corrected chi connectivity index (χ3v) is 5.61. The van der Waals surface area contributed by atoms with Gasteiger partial charge in [0.1, 0.15) is 5.03 Å². The smallest absolute Gasteiger partial charge is 0.341 e. The highest BCUT2D eigenvalue weighted by Crippen LogP contribution is 2.33. The van der Waals surface area contributed by atoms with Crippen molar-refractivity contribution < 1.29 is 14.3 Å². The summed E-state index contributed by atoms with van der Waals surface area (Å²) >= 11 is 7.47. The molecule has 0 atom stereocenters. The van der Waals surface area contributed by atoms with E-state index in [1.807, 2.05) is 18.2 Å². The summed E-state index contributed by atoms with van der Waals surface area (Å²) < 4.78 is 5.24. The van der Waals surface area contributed by atoms with Crippen LogP contribution in [0.5, 0.6) is 0 Å². The van der Waals surface area contributed by atoms with Gasteiger partial charge in [-0.3, -0.25) is 4.79 Å². The zero-order valence-corrected chi connectivity index (χ0v) is 15.8. The maximum absolute atomic E-state index is 12.4. The lowest BCUT2D eigenvalue weighted by Gasteiger charge is -2.26. The second kappa shape index (κ2) is 9.05. The summed E-state index contributed by atoms with van der Waals surface area (Å²) in [6.07, 6.45) is 4.75. The average Bonchev–Trinajstić information content (AvgIpc) is 2.68. The van der Waals surface area contributed by atoms with E-state index >= 15 is 0 Å². The lowest BCUT2D eigenvalue weighted by atomic mass is 10.1. The molecule has 1 saturated heterocycles. The number of nitrogens with zero attached hydrogens (tertiary/aromatic N) is 2. The molecule has 1 aromatic heterocycles. The number of halogens is 1. The number of esters is 1. The Balaban J connectivity index is 1.66. The fourth-order valence-corrected chi connectivity index (χ4v) is 3.85. The normalized spacial score (nSPS) is 14.1. The van der Waals surface area contributed by atoms with Crippen LogP contribution in [0, 0.1) is 0 Å². The molecule has 7 heteroatoms. The van der Waals surface area contributed by atoms with Crippen molar-refractivity contribution in [2.45, 2.75) is 29.2 Å². The van der Waals surface area contributed by atoms with Gasteiger partial charge >= 0.3 is 5.97 Å². The Morgan fingerprint density at radius 2 is 1.88 bits per heavy atom. The van der Waals surface area contributed by atoms with Crippen LogP contribution >= 0.6 is 23.4 Å². The highest BCUT2D eigenvalue weighted by Gasteiger charge is 2.20. The molecule has 0 saturated carbocycles. The molecule has 0 radical (unpaired) electrons. The number of benzene rings is 1. The fourth-order valence-electron chi connectivity index (χ4n) is 2.70. The summed E-state index contributed by atoms with van der Waals surface area (Å²) in [5.41, 5.74) is 0.323. The van der Waals surface area contributed by atoms with Gasteiger partial charge in [0.15, 0.2) is 6.61 Å². The topological polar surface area (TPSA) is 59.5 Å². The van der Waals surface area contributed by atoms with Gasteiger partial charge in [0.05, 0.1) is 10.6 Å².